The zero-order chi connectivity index (χ0) is 17.5. The van der Waals surface area contributed by atoms with Crippen LogP contribution in [0.3, 0.4) is 0 Å². The molecule has 0 spiro atoms. The minimum Gasteiger partial charge on any atom is -0.444 e. The normalized spacial score (nSPS) is 16.1. The SMILES string of the molecule is CN(C)C(=O)NCCNCC1CCN(C(=O)OC(C)(C)C)CC1. The Kier molecular flexibility index (Phi) is 7.61. The number of urea groups is 1. The number of nitrogens with zero attached hydrogens (tertiary/aromatic N) is 2. The Morgan fingerprint density at radius 3 is 2.30 bits per heavy atom. The van der Waals surface area contributed by atoms with Gasteiger partial charge in [-0.15, -0.1) is 0 Å². The van der Waals surface area contributed by atoms with E-state index in [0.29, 0.717) is 12.5 Å². The molecule has 0 saturated carbocycles. The number of piperidine rings is 1. The van der Waals surface area contributed by atoms with Crippen LogP contribution < -0.4 is 10.6 Å². The monoisotopic (exact) mass is 328 g/mol. The van der Waals surface area contributed by atoms with Gasteiger partial charge in [0.25, 0.3) is 0 Å². The number of nitrogens with one attached hydrogen (secondary N) is 2. The first kappa shape index (κ1) is 19.5. The molecule has 1 aliphatic heterocycles. The number of carbonyl (C=O) groups is 2. The summed E-state index contributed by atoms with van der Waals surface area (Å²) in [5.41, 5.74) is -0.438. The van der Waals surface area contributed by atoms with Crippen molar-refractivity contribution in [3.05, 3.63) is 0 Å². The van der Waals surface area contributed by atoms with Gasteiger partial charge in [0.2, 0.25) is 0 Å². The molecular weight excluding hydrogens is 296 g/mol. The van der Waals surface area contributed by atoms with E-state index in [4.69, 9.17) is 4.74 Å². The fourth-order valence-electron chi connectivity index (χ4n) is 2.37. The number of carbonyl (C=O) groups excluding carboxylic acids is 2. The highest BCUT2D eigenvalue weighted by atomic mass is 16.6. The highest BCUT2D eigenvalue weighted by Crippen LogP contribution is 2.19. The van der Waals surface area contributed by atoms with Crippen molar-refractivity contribution in [2.75, 3.05) is 46.8 Å². The van der Waals surface area contributed by atoms with Crippen LogP contribution in [0.4, 0.5) is 9.59 Å². The zero-order valence-corrected chi connectivity index (χ0v) is 15.1. The van der Waals surface area contributed by atoms with Gasteiger partial charge in [0, 0.05) is 40.3 Å². The lowest BCUT2D eigenvalue weighted by molar-refractivity contribution is 0.0184. The minimum atomic E-state index is -0.438. The highest BCUT2D eigenvalue weighted by Gasteiger charge is 2.26. The summed E-state index contributed by atoms with van der Waals surface area (Å²) in [6.45, 7) is 9.45. The average molecular weight is 328 g/mol. The summed E-state index contributed by atoms with van der Waals surface area (Å²) in [6, 6.07) is -0.0718. The molecule has 134 valence electrons. The molecule has 0 unspecified atom stereocenters. The molecule has 0 aromatic heterocycles. The number of amides is 3. The first-order valence-corrected chi connectivity index (χ1v) is 8.33. The van der Waals surface area contributed by atoms with Crippen molar-refractivity contribution < 1.29 is 14.3 Å². The maximum Gasteiger partial charge on any atom is 0.410 e. The summed E-state index contributed by atoms with van der Waals surface area (Å²) in [5.74, 6) is 0.568. The van der Waals surface area contributed by atoms with E-state index in [1.165, 1.54) is 4.90 Å². The Bertz CT molecular complexity index is 385. The van der Waals surface area contributed by atoms with Gasteiger partial charge in [0.1, 0.15) is 5.60 Å². The van der Waals surface area contributed by atoms with Gasteiger partial charge < -0.3 is 25.2 Å². The molecule has 0 aromatic carbocycles. The molecule has 23 heavy (non-hydrogen) atoms. The van der Waals surface area contributed by atoms with Gasteiger partial charge in [-0.3, -0.25) is 0 Å². The third-order valence-corrected chi connectivity index (χ3v) is 3.68. The molecule has 3 amide bonds. The smallest absolute Gasteiger partial charge is 0.410 e. The quantitative estimate of drug-likeness (QED) is 0.750. The number of rotatable bonds is 5. The largest absolute Gasteiger partial charge is 0.444 e. The van der Waals surface area contributed by atoms with Gasteiger partial charge in [-0.1, -0.05) is 0 Å². The molecule has 1 rings (SSSR count). The van der Waals surface area contributed by atoms with Crippen LogP contribution in [0.25, 0.3) is 0 Å². The lowest BCUT2D eigenvalue weighted by atomic mass is 9.97. The molecule has 0 aromatic rings. The van der Waals surface area contributed by atoms with Crippen molar-refractivity contribution in [1.82, 2.24) is 20.4 Å². The van der Waals surface area contributed by atoms with Crippen molar-refractivity contribution in [2.45, 2.75) is 39.2 Å². The molecule has 7 heteroatoms. The zero-order valence-electron chi connectivity index (χ0n) is 15.1. The molecule has 0 atom stereocenters. The van der Waals surface area contributed by atoms with Crippen LogP contribution >= 0.6 is 0 Å². The maximum absolute atomic E-state index is 12.0. The molecule has 0 bridgehead atoms. The minimum absolute atomic E-state index is 0.0718. The summed E-state index contributed by atoms with van der Waals surface area (Å²) in [6.07, 6.45) is 1.75. The molecule has 1 heterocycles. The van der Waals surface area contributed by atoms with E-state index >= 15 is 0 Å². The Morgan fingerprint density at radius 2 is 1.78 bits per heavy atom. The van der Waals surface area contributed by atoms with Crippen LogP contribution in [0, 0.1) is 5.92 Å². The molecule has 0 radical (unpaired) electrons. The van der Waals surface area contributed by atoms with Gasteiger partial charge in [-0.05, 0) is 46.1 Å². The van der Waals surface area contributed by atoms with E-state index in [2.05, 4.69) is 10.6 Å². The average Bonchev–Trinajstić information content (AvgIpc) is 2.45. The first-order valence-electron chi connectivity index (χ1n) is 8.33. The summed E-state index contributed by atoms with van der Waals surface area (Å²) >= 11 is 0. The standard InChI is InChI=1S/C16H32N4O3/c1-16(2,3)23-15(22)20-10-6-13(7-11-20)12-17-8-9-18-14(21)19(4)5/h13,17H,6-12H2,1-5H3,(H,18,21). The lowest BCUT2D eigenvalue weighted by Gasteiger charge is -2.33. The topological polar surface area (TPSA) is 73.9 Å². The van der Waals surface area contributed by atoms with Crippen LogP contribution in [0.5, 0.6) is 0 Å². The van der Waals surface area contributed by atoms with Crippen molar-refractivity contribution in [3.63, 3.8) is 0 Å². The summed E-state index contributed by atoms with van der Waals surface area (Å²) in [5, 5.41) is 6.18. The molecule has 2 N–H and O–H groups in total. The predicted molar refractivity (Wildman–Crippen MR) is 90.5 cm³/mol. The predicted octanol–water partition coefficient (Wildman–Crippen LogP) is 1.49. The van der Waals surface area contributed by atoms with E-state index in [0.717, 1.165) is 39.0 Å². The molecule has 7 nitrogen and oxygen atoms in total. The van der Waals surface area contributed by atoms with E-state index in [1.54, 1.807) is 19.0 Å². The molecule has 1 fully saturated rings. The third-order valence-electron chi connectivity index (χ3n) is 3.68. The Balaban J connectivity index is 2.12. The van der Waals surface area contributed by atoms with Gasteiger partial charge in [0.15, 0.2) is 0 Å². The van der Waals surface area contributed by atoms with E-state index in [1.807, 2.05) is 20.8 Å². The highest BCUT2D eigenvalue weighted by molar-refractivity contribution is 5.73. The van der Waals surface area contributed by atoms with Crippen LogP contribution in [-0.4, -0.2) is 74.3 Å². The summed E-state index contributed by atoms with van der Waals surface area (Å²) in [7, 11) is 3.45. The fraction of sp³-hybridized carbons (Fsp3) is 0.875. The molecular formula is C16H32N4O3. The van der Waals surface area contributed by atoms with Gasteiger partial charge in [0.05, 0.1) is 0 Å². The molecule has 0 aliphatic carbocycles. The number of ether oxygens (including phenoxy) is 1. The summed E-state index contributed by atoms with van der Waals surface area (Å²) in [4.78, 5) is 26.6. The van der Waals surface area contributed by atoms with Crippen molar-refractivity contribution in [3.8, 4) is 0 Å². The lowest BCUT2D eigenvalue weighted by Crippen LogP contribution is -2.44. The van der Waals surface area contributed by atoms with Crippen LogP contribution in [-0.2, 0) is 4.74 Å². The molecule has 1 saturated heterocycles. The van der Waals surface area contributed by atoms with E-state index in [-0.39, 0.29) is 12.1 Å². The van der Waals surface area contributed by atoms with Crippen molar-refractivity contribution in [1.29, 1.82) is 0 Å². The second kappa shape index (κ2) is 8.96. The number of hydrogen-bond donors (Lipinski definition) is 2. The maximum atomic E-state index is 12.0. The van der Waals surface area contributed by atoms with Crippen LogP contribution in [0.2, 0.25) is 0 Å². The van der Waals surface area contributed by atoms with E-state index in [9.17, 15) is 9.59 Å². The van der Waals surface area contributed by atoms with Crippen LogP contribution in [0.1, 0.15) is 33.6 Å². The van der Waals surface area contributed by atoms with Crippen LogP contribution in [0.15, 0.2) is 0 Å². The second-order valence-electron chi connectivity index (χ2n) is 7.24. The Morgan fingerprint density at radius 1 is 1.17 bits per heavy atom. The Hall–Kier alpha value is -1.50. The van der Waals surface area contributed by atoms with E-state index < -0.39 is 5.60 Å². The summed E-state index contributed by atoms with van der Waals surface area (Å²) < 4.78 is 5.39. The molecule has 1 aliphatic rings. The van der Waals surface area contributed by atoms with Gasteiger partial charge in [-0.2, -0.15) is 0 Å². The number of likely N-dealkylation sites (tertiary alicyclic amines) is 1. The van der Waals surface area contributed by atoms with Gasteiger partial charge in [-0.25, -0.2) is 9.59 Å². The second-order valence-corrected chi connectivity index (χ2v) is 7.24. The number of hydrogen-bond acceptors (Lipinski definition) is 4. The van der Waals surface area contributed by atoms with Crippen molar-refractivity contribution >= 4 is 12.1 Å². The fourth-order valence-corrected chi connectivity index (χ4v) is 2.37. The van der Waals surface area contributed by atoms with Gasteiger partial charge >= 0.3 is 12.1 Å². The first-order chi connectivity index (χ1) is 10.7. The Labute approximate surface area is 139 Å². The third kappa shape index (κ3) is 8.06. The van der Waals surface area contributed by atoms with Crippen molar-refractivity contribution in [2.24, 2.45) is 5.92 Å².